The second kappa shape index (κ2) is 18.8. The van der Waals surface area contributed by atoms with E-state index in [1.807, 2.05) is 45.0 Å². The molecule has 13 nitrogen and oxygen atoms in total. The quantitative estimate of drug-likeness (QED) is 0.106. The Morgan fingerprint density at radius 2 is 1.86 bits per heavy atom. The summed E-state index contributed by atoms with van der Waals surface area (Å²) in [4.78, 5) is 63.7. The summed E-state index contributed by atoms with van der Waals surface area (Å²) in [5.74, 6) is -1.23. The second-order valence-electron chi connectivity index (χ2n) is 20.6. The molecule has 4 fully saturated rings. The number of ketones is 1. The first-order valence-corrected chi connectivity index (χ1v) is 24.8. The fraction of sp³-hybridized carbons (Fsp3) is 0.694. The highest BCUT2D eigenvalue weighted by atomic mass is 32.2. The first kappa shape index (κ1) is 46.9. The van der Waals surface area contributed by atoms with Gasteiger partial charge in [-0.05, 0) is 106 Å². The van der Waals surface area contributed by atoms with E-state index in [1.165, 1.54) is 4.90 Å². The lowest BCUT2D eigenvalue weighted by Crippen LogP contribution is -2.49. The van der Waals surface area contributed by atoms with E-state index in [0.717, 1.165) is 74.7 Å². The van der Waals surface area contributed by atoms with E-state index >= 15 is 0 Å². The van der Waals surface area contributed by atoms with Crippen LogP contribution in [0, 0.1) is 34.5 Å². The second-order valence-corrected chi connectivity index (χ2v) is 22.8. The molecule has 1 aromatic heterocycles. The Bertz CT molecular complexity index is 2160. The summed E-state index contributed by atoms with van der Waals surface area (Å²) in [7, 11) is -2.24. The molecule has 3 heterocycles. The number of ether oxygens (including phenoxy) is 4. The molecule has 1 aromatic carbocycles. The van der Waals surface area contributed by atoms with Gasteiger partial charge in [-0.3, -0.25) is 23.9 Å². The summed E-state index contributed by atoms with van der Waals surface area (Å²) < 4.78 is 52.6. The van der Waals surface area contributed by atoms with E-state index in [1.54, 1.807) is 20.1 Å². The van der Waals surface area contributed by atoms with E-state index < -0.39 is 61.5 Å². The summed E-state index contributed by atoms with van der Waals surface area (Å²) in [6.07, 6.45) is 9.69. The average Bonchev–Trinajstić information content (AvgIpc) is 4.19. The zero-order valence-corrected chi connectivity index (χ0v) is 39.1. The molecule has 0 spiro atoms. The van der Waals surface area contributed by atoms with E-state index in [9.17, 15) is 27.6 Å². The predicted octanol–water partition coefficient (Wildman–Crippen LogP) is 7.67. The van der Waals surface area contributed by atoms with Gasteiger partial charge in [0.15, 0.2) is 5.78 Å². The maximum absolute atomic E-state index is 15.0. The standard InChI is InChI=1S/C49H69N3O10S/c1-8-33-27-49(33,46(56)51-63(57,58)48(6)21-22-48)28-40(53)39-25-34-29-52(39)45(55)37(47(3,4)5)26-42(54)62-41-24-32(41)17-10-9-11-19-36-43(60-23-15-14-16-31(2)30-59-7)35-18-12-13-20-38(35)50-44(36)61-34/h8,12-13,18,20,31-34,37,39,41H,1,9-11,14-17,19,21-30H2,2-7H3,(H,51,56)/t31?,32-,33-,34-,37-,39+,41-,49-/m1/s1. The van der Waals surface area contributed by atoms with Gasteiger partial charge in [-0.25, -0.2) is 13.4 Å². The summed E-state index contributed by atoms with van der Waals surface area (Å²) in [6, 6.07) is 6.84. The highest BCUT2D eigenvalue weighted by Crippen LogP contribution is 2.57. The van der Waals surface area contributed by atoms with Crippen LogP contribution in [0.1, 0.15) is 130 Å². The van der Waals surface area contributed by atoms with Crippen molar-refractivity contribution in [3.8, 4) is 11.6 Å². The van der Waals surface area contributed by atoms with Crippen molar-refractivity contribution in [2.24, 2.45) is 34.5 Å². The Balaban J connectivity index is 1.21. The van der Waals surface area contributed by atoms with Gasteiger partial charge in [0.25, 0.3) is 0 Å². The smallest absolute Gasteiger partial charge is 0.306 e. The van der Waals surface area contributed by atoms with Crippen LogP contribution in [0.4, 0.5) is 0 Å². The van der Waals surface area contributed by atoms with Crippen LogP contribution in [-0.4, -0.2) is 91.7 Å². The number of carbonyl (C=O) groups excluding carboxylic acids is 4. The normalized spacial score (nSPS) is 28.9. The van der Waals surface area contributed by atoms with Crippen molar-refractivity contribution in [2.75, 3.05) is 26.9 Å². The highest BCUT2D eigenvalue weighted by molar-refractivity contribution is 7.91. The summed E-state index contributed by atoms with van der Waals surface area (Å²) in [5, 5.41) is 0.893. The van der Waals surface area contributed by atoms with Crippen LogP contribution in [0.15, 0.2) is 36.9 Å². The summed E-state index contributed by atoms with van der Waals surface area (Å²) in [6.45, 7) is 14.7. The van der Waals surface area contributed by atoms with Crippen LogP contribution in [0.3, 0.4) is 0 Å². The fourth-order valence-electron chi connectivity index (χ4n) is 9.72. The number of benzene rings is 1. The molecule has 1 unspecified atom stereocenters. The molecule has 63 heavy (non-hydrogen) atoms. The number of fused-ring (bicyclic) bond motifs is 5. The Morgan fingerprint density at radius 3 is 2.56 bits per heavy atom. The number of aromatic nitrogens is 1. The van der Waals surface area contributed by atoms with Crippen LogP contribution in [0.2, 0.25) is 0 Å². The van der Waals surface area contributed by atoms with Crippen LogP contribution >= 0.6 is 0 Å². The zero-order valence-electron chi connectivity index (χ0n) is 38.2. The lowest BCUT2D eigenvalue weighted by molar-refractivity contribution is -0.154. The van der Waals surface area contributed by atoms with Crippen molar-refractivity contribution in [2.45, 2.75) is 154 Å². The number of pyridine rings is 1. The Labute approximate surface area is 373 Å². The molecule has 8 atom stereocenters. The number of Topliss-reactive ketones (excluding diaryl/α,β-unsaturated/α-hetero) is 1. The van der Waals surface area contributed by atoms with Gasteiger partial charge in [0.05, 0.1) is 52.8 Å². The molecule has 3 aliphatic carbocycles. The number of hydrogen-bond acceptors (Lipinski definition) is 11. The molecule has 5 aliphatic rings. The molecule has 2 aliphatic heterocycles. The Hall–Kier alpha value is -4.04. The monoisotopic (exact) mass is 891 g/mol. The van der Waals surface area contributed by atoms with Gasteiger partial charge in [0.1, 0.15) is 18.0 Å². The number of amides is 2. The molecule has 2 bridgehead atoms. The van der Waals surface area contributed by atoms with Gasteiger partial charge in [-0.1, -0.05) is 58.7 Å². The Kier molecular flexibility index (Phi) is 14.0. The number of hydrogen-bond donors (Lipinski definition) is 1. The largest absolute Gasteiger partial charge is 0.492 e. The number of carbonyl (C=O) groups is 4. The third kappa shape index (κ3) is 10.6. The van der Waals surface area contributed by atoms with Crippen molar-refractivity contribution >= 4 is 44.5 Å². The third-order valence-corrected chi connectivity index (χ3v) is 16.6. The maximum Gasteiger partial charge on any atom is 0.306 e. The maximum atomic E-state index is 15.0. The van der Waals surface area contributed by atoms with Gasteiger partial charge < -0.3 is 23.8 Å². The van der Waals surface area contributed by atoms with Crippen LogP contribution in [-0.2, 0) is 45.1 Å². The molecular weight excluding hydrogens is 823 g/mol. The number of allylic oxidation sites excluding steroid dienone is 1. The molecule has 2 aromatic rings. The van der Waals surface area contributed by atoms with Gasteiger partial charge in [-0.15, -0.1) is 6.58 Å². The minimum atomic E-state index is -3.97. The van der Waals surface area contributed by atoms with Crippen molar-refractivity contribution in [1.82, 2.24) is 14.6 Å². The molecule has 0 radical (unpaired) electrons. The number of para-hydroxylation sites is 1. The zero-order chi connectivity index (χ0) is 45.3. The molecule has 1 N–H and O–H groups in total. The predicted molar refractivity (Wildman–Crippen MR) is 239 cm³/mol. The molecule has 3 saturated carbocycles. The molecule has 7 rings (SSSR count). The summed E-state index contributed by atoms with van der Waals surface area (Å²) >= 11 is 0. The van der Waals surface area contributed by atoms with Crippen LogP contribution in [0.5, 0.6) is 11.6 Å². The van der Waals surface area contributed by atoms with Crippen molar-refractivity contribution < 1.29 is 46.5 Å². The molecular formula is C49H69N3O10S. The van der Waals surface area contributed by atoms with Crippen molar-refractivity contribution in [3.05, 3.63) is 42.5 Å². The SMILES string of the molecule is C=C[C@@H]1C[C@]1(CC(=O)[C@@H]1C[C@@H]2CN1C(=O)[C@H](C(C)(C)C)CC(=O)O[C@@H]1C[C@H]1CCCCCc1c(nc3ccccc3c1OCCCCC(C)COC)O2)C(=O)NS(=O)(=O)C1(C)CC1. The summed E-state index contributed by atoms with van der Waals surface area (Å²) in [5.41, 5.74) is -0.425. The van der Waals surface area contributed by atoms with Crippen molar-refractivity contribution in [3.63, 3.8) is 0 Å². The first-order chi connectivity index (χ1) is 29.9. The number of rotatable bonds is 15. The van der Waals surface area contributed by atoms with Gasteiger partial charge in [0, 0.05) is 31.9 Å². The average molecular weight is 892 g/mol. The minimum Gasteiger partial charge on any atom is -0.492 e. The van der Waals surface area contributed by atoms with Crippen molar-refractivity contribution in [1.29, 1.82) is 0 Å². The number of sulfonamides is 1. The van der Waals surface area contributed by atoms with Crippen LogP contribution < -0.4 is 14.2 Å². The number of unbranched alkanes of at least 4 members (excludes halogenated alkanes) is 1. The molecule has 1 saturated heterocycles. The lowest BCUT2D eigenvalue weighted by atomic mass is 9.77. The van der Waals surface area contributed by atoms with E-state index in [4.69, 9.17) is 23.9 Å². The number of nitrogens with zero attached hydrogens (tertiary/aromatic N) is 2. The highest BCUT2D eigenvalue weighted by Gasteiger charge is 2.62. The lowest BCUT2D eigenvalue weighted by Gasteiger charge is -2.34. The van der Waals surface area contributed by atoms with Crippen LogP contribution in [0.25, 0.3) is 10.9 Å². The fourth-order valence-corrected chi connectivity index (χ4v) is 11.1. The van der Waals surface area contributed by atoms with Gasteiger partial charge in [0.2, 0.25) is 27.7 Å². The van der Waals surface area contributed by atoms with E-state index in [0.29, 0.717) is 43.2 Å². The van der Waals surface area contributed by atoms with E-state index in [-0.39, 0.29) is 55.9 Å². The molecule has 346 valence electrons. The topological polar surface area (TPSA) is 168 Å². The van der Waals surface area contributed by atoms with E-state index in [2.05, 4.69) is 18.2 Å². The Morgan fingerprint density at radius 1 is 1.10 bits per heavy atom. The molecule has 2 amide bonds. The number of methoxy groups -OCH3 is 1. The first-order valence-electron chi connectivity index (χ1n) is 23.3. The molecule has 14 heteroatoms. The number of esters is 1. The number of nitrogens with one attached hydrogen (secondary N) is 1. The van der Waals surface area contributed by atoms with Gasteiger partial charge in [-0.2, -0.15) is 0 Å². The third-order valence-electron chi connectivity index (χ3n) is 14.4. The minimum absolute atomic E-state index is 0.0438. The van der Waals surface area contributed by atoms with Gasteiger partial charge >= 0.3 is 5.97 Å².